The van der Waals surface area contributed by atoms with Gasteiger partial charge in [-0.15, -0.1) is 0 Å². The van der Waals surface area contributed by atoms with Crippen LogP contribution in [0.4, 0.5) is 13.2 Å². The molecule has 0 radical (unpaired) electrons. The van der Waals surface area contributed by atoms with E-state index < -0.39 is 18.5 Å². The van der Waals surface area contributed by atoms with E-state index in [0.717, 1.165) is 19.6 Å². The number of carbonyl (C=O) groups is 1. The Hall–Kier alpha value is -0.820. The minimum Gasteiger partial charge on any atom is -0.353 e. The molecule has 1 rings (SSSR count). The summed E-state index contributed by atoms with van der Waals surface area (Å²) in [7, 11) is 0. The van der Waals surface area contributed by atoms with Crippen molar-refractivity contribution in [2.75, 3.05) is 26.2 Å². The van der Waals surface area contributed by atoms with Gasteiger partial charge in [0.15, 0.2) is 0 Å². The molecule has 17 heavy (non-hydrogen) atoms. The molecular weight excluding hydrogens is 235 g/mol. The van der Waals surface area contributed by atoms with E-state index in [2.05, 4.69) is 10.2 Å². The monoisotopic (exact) mass is 253 g/mol. The summed E-state index contributed by atoms with van der Waals surface area (Å²) in [5, 5.41) is 2.42. The average molecular weight is 253 g/mol. The van der Waals surface area contributed by atoms with Gasteiger partial charge in [0.25, 0.3) is 0 Å². The van der Waals surface area contributed by atoms with Crippen LogP contribution in [0.1, 0.15) is 19.3 Å². The Morgan fingerprint density at radius 2 is 1.94 bits per heavy atom. The zero-order valence-electron chi connectivity index (χ0n) is 9.59. The van der Waals surface area contributed by atoms with E-state index in [-0.39, 0.29) is 6.04 Å². The maximum Gasteiger partial charge on any atom is 0.397 e. The number of hydrogen-bond acceptors (Lipinski definition) is 3. The van der Waals surface area contributed by atoms with Crippen LogP contribution in [0, 0.1) is 0 Å². The van der Waals surface area contributed by atoms with Crippen molar-refractivity contribution in [3.8, 4) is 0 Å². The lowest BCUT2D eigenvalue weighted by Gasteiger charge is -2.32. The normalized spacial score (nSPS) is 19.3. The van der Waals surface area contributed by atoms with Gasteiger partial charge in [0, 0.05) is 32.2 Å². The van der Waals surface area contributed by atoms with Crippen LogP contribution in [0.3, 0.4) is 0 Å². The number of nitrogens with one attached hydrogen (secondary N) is 1. The number of likely N-dealkylation sites (tertiary alicyclic amines) is 1. The molecule has 1 aliphatic heterocycles. The second-order valence-electron chi connectivity index (χ2n) is 4.26. The van der Waals surface area contributed by atoms with Crippen LogP contribution in [0.5, 0.6) is 0 Å². The van der Waals surface area contributed by atoms with Gasteiger partial charge in [-0.1, -0.05) is 0 Å². The zero-order chi connectivity index (χ0) is 12.9. The van der Waals surface area contributed by atoms with Gasteiger partial charge >= 0.3 is 6.18 Å². The van der Waals surface area contributed by atoms with E-state index in [1.54, 1.807) is 0 Å². The minimum absolute atomic E-state index is 0.140. The van der Waals surface area contributed by atoms with E-state index in [0.29, 0.717) is 19.4 Å². The van der Waals surface area contributed by atoms with Crippen LogP contribution in [-0.2, 0) is 4.79 Å². The molecule has 7 heteroatoms. The van der Waals surface area contributed by atoms with E-state index in [4.69, 9.17) is 5.73 Å². The first kappa shape index (κ1) is 14.2. The molecule has 100 valence electrons. The fourth-order valence-electron chi connectivity index (χ4n) is 1.94. The summed E-state index contributed by atoms with van der Waals surface area (Å²) in [6, 6.07) is -0.140. The van der Waals surface area contributed by atoms with Crippen LogP contribution in [-0.4, -0.2) is 49.2 Å². The van der Waals surface area contributed by atoms with Gasteiger partial charge < -0.3 is 16.0 Å². The number of halogens is 3. The lowest BCUT2D eigenvalue weighted by atomic mass is 10.0. The summed E-state index contributed by atoms with van der Waals surface area (Å²) in [4.78, 5) is 13.2. The Morgan fingerprint density at radius 1 is 1.35 bits per heavy atom. The smallest absolute Gasteiger partial charge is 0.353 e. The van der Waals surface area contributed by atoms with Gasteiger partial charge in [-0.25, -0.2) is 0 Å². The third-order valence-corrected chi connectivity index (χ3v) is 2.76. The highest BCUT2D eigenvalue weighted by atomic mass is 19.4. The van der Waals surface area contributed by atoms with E-state index in [9.17, 15) is 18.0 Å². The molecule has 0 bridgehead atoms. The maximum absolute atomic E-state index is 11.9. The summed E-state index contributed by atoms with van der Waals surface area (Å²) in [5.74, 6) is -0.935. The molecule has 1 heterocycles. The molecular formula is C10H18F3N3O. The van der Waals surface area contributed by atoms with Crippen molar-refractivity contribution in [1.29, 1.82) is 0 Å². The summed E-state index contributed by atoms with van der Waals surface area (Å²) < 4.78 is 35.8. The Balaban J connectivity index is 2.24. The fraction of sp³-hybridized carbons (Fsp3) is 0.900. The Kier molecular flexibility index (Phi) is 5.20. The standard InChI is InChI=1S/C10H18F3N3O/c11-10(12,13)7-9(17)15-8-1-4-16(5-2-8)6-3-14/h8H,1-7,14H2,(H,15,17). The molecule has 0 aliphatic carbocycles. The number of nitrogens with two attached hydrogens (primary N) is 1. The maximum atomic E-state index is 11.9. The van der Waals surface area contributed by atoms with Crippen LogP contribution < -0.4 is 11.1 Å². The number of carbonyl (C=O) groups excluding carboxylic acids is 1. The van der Waals surface area contributed by atoms with E-state index in [1.807, 2.05) is 0 Å². The lowest BCUT2D eigenvalue weighted by Crippen LogP contribution is -2.46. The van der Waals surface area contributed by atoms with Gasteiger partial charge in [-0.2, -0.15) is 13.2 Å². The van der Waals surface area contributed by atoms with E-state index >= 15 is 0 Å². The largest absolute Gasteiger partial charge is 0.397 e. The summed E-state index contributed by atoms with van der Waals surface area (Å²) >= 11 is 0. The van der Waals surface area contributed by atoms with Crippen molar-refractivity contribution >= 4 is 5.91 Å². The molecule has 4 nitrogen and oxygen atoms in total. The van der Waals surface area contributed by atoms with Gasteiger partial charge in [0.1, 0.15) is 6.42 Å². The average Bonchev–Trinajstić information content (AvgIpc) is 2.18. The van der Waals surface area contributed by atoms with Gasteiger partial charge in [0.05, 0.1) is 0 Å². The highest BCUT2D eigenvalue weighted by molar-refractivity contribution is 5.76. The molecule has 0 aromatic rings. The molecule has 0 atom stereocenters. The molecule has 0 spiro atoms. The lowest BCUT2D eigenvalue weighted by molar-refractivity contribution is -0.154. The quantitative estimate of drug-likeness (QED) is 0.766. The fourth-order valence-corrected chi connectivity index (χ4v) is 1.94. The van der Waals surface area contributed by atoms with Crippen LogP contribution in [0.15, 0.2) is 0 Å². The first-order valence-electron chi connectivity index (χ1n) is 5.69. The first-order valence-corrected chi connectivity index (χ1v) is 5.69. The second kappa shape index (κ2) is 6.20. The van der Waals surface area contributed by atoms with Crippen molar-refractivity contribution in [1.82, 2.24) is 10.2 Å². The molecule has 0 saturated carbocycles. The van der Waals surface area contributed by atoms with Crippen molar-refractivity contribution in [2.24, 2.45) is 5.73 Å². The molecule has 0 unspecified atom stereocenters. The van der Waals surface area contributed by atoms with Crippen LogP contribution >= 0.6 is 0 Å². The molecule has 3 N–H and O–H groups in total. The van der Waals surface area contributed by atoms with Gasteiger partial charge in [0.2, 0.25) is 5.91 Å². The van der Waals surface area contributed by atoms with Gasteiger partial charge in [-0.05, 0) is 12.8 Å². The summed E-state index contributed by atoms with van der Waals surface area (Å²) in [5.41, 5.74) is 5.41. The highest BCUT2D eigenvalue weighted by Crippen LogP contribution is 2.19. The predicted molar refractivity (Wildman–Crippen MR) is 57.3 cm³/mol. The molecule has 0 aromatic heterocycles. The summed E-state index contributed by atoms with van der Waals surface area (Å²) in [6.07, 6.45) is -4.45. The topological polar surface area (TPSA) is 58.4 Å². The number of nitrogens with zero attached hydrogens (tertiary/aromatic N) is 1. The Labute approximate surface area is 98.3 Å². The molecule has 1 aliphatic rings. The van der Waals surface area contributed by atoms with Crippen molar-refractivity contribution in [3.63, 3.8) is 0 Å². The molecule has 1 fully saturated rings. The molecule has 0 aromatic carbocycles. The summed E-state index contributed by atoms with van der Waals surface area (Å²) in [6.45, 7) is 2.91. The minimum atomic E-state index is -4.43. The van der Waals surface area contributed by atoms with E-state index in [1.165, 1.54) is 0 Å². The third-order valence-electron chi connectivity index (χ3n) is 2.76. The van der Waals surface area contributed by atoms with Crippen molar-refractivity contribution < 1.29 is 18.0 Å². The number of hydrogen-bond donors (Lipinski definition) is 2. The van der Waals surface area contributed by atoms with Crippen LogP contribution in [0.25, 0.3) is 0 Å². The van der Waals surface area contributed by atoms with Crippen LogP contribution in [0.2, 0.25) is 0 Å². The molecule has 1 saturated heterocycles. The Bertz CT molecular complexity index is 250. The first-order chi connectivity index (χ1) is 7.90. The molecule has 1 amide bonds. The number of amides is 1. The van der Waals surface area contributed by atoms with Crippen molar-refractivity contribution in [2.45, 2.75) is 31.5 Å². The predicted octanol–water partition coefficient (Wildman–Crippen LogP) is 0.478. The van der Waals surface area contributed by atoms with Gasteiger partial charge in [-0.3, -0.25) is 4.79 Å². The SMILES string of the molecule is NCCN1CCC(NC(=O)CC(F)(F)F)CC1. The van der Waals surface area contributed by atoms with Crippen molar-refractivity contribution in [3.05, 3.63) is 0 Å². The third kappa shape index (κ3) is 5.88. The number of piperidine rings is 1. The zero-order valence-corrected chi connectivity index (χ0v) is 9.59. The Morgan fingerprint density at radius 3 is 2.41 bits per heavy atom. The number of alkyl halides is 3. The second-order valence-corrected chi connectivity index (χ2v) is 4.26. The number of rotatable bonds is 4. The highest BCUT2D eigenvalue weighted by Gasteiger charge is 2.32.